The van der Waals surface area contributed by atoms with Crippen molar-refractivity contribution in [3.05, 3.63) is 29.3 Å². The van der Waals surface area contributed by atoms with Crippen LogP contribution in [0.1, 0.15) is 31.0 Å². The highest BCUT2D eigenvalue weighted by atomic mass is 16.5. The zero-order chi connectivity index (χ0) is 12.1. The largest absolute Gasteiger partial charge is 0.491 e. The molecule has 3 nitrogen and oxygen atoms in total. The molecule has 2 N–H and O–H groups in total. The summed E-state index contributed by atoms with van der Waals surface area (Å²) >= 11 is 0. The van der Waals surface area contributed by atoms with Gasteiger partial charge in [0.25, 0.3) is 0 Å². The molecule has 90 valence electrons. The van der Waals surface area contributed by atoms with Gasteiger partial charge in [-0.3, -0.25) is 0 Å². The Morgan fingerprint density at radius 2 is 2.00 bits per heavy atom. The van der Waals surface area contributed by atoms with Crippen molar-refractivity contribution in [1.29, 1.82) is 0 Å². The van der Waals surface area contributed by atoms with Crippen molar-refractivity contribution >= 4 is 0 Å². The summed E-state index contributed by atoms with van der Waals surface area (Å²) in [7, 11) is 1.68. The summed E-state index contributed by atoms with van der Waals surface area (Å²) in [5.74, 6) is 0.851. The number of nitrogens with two attached hydrogens (primary N) is 1. The third kappa shape index (κ3) is 3.51. The lowest BCUT2D eigenvalue weighted by Crippen LogP contribution is -2.17. The molecule has 0 aromatic heterocycles. The number of ether oxygens (including phenoxy) is 2. The van der Waals surface area contributed by atoms with E-state index in [0.717, 1.165) is 11.3 Å². The third-order valence-corrected chi connectivity index (χ3v) is 2.53. The molecule has 0 fully saturated rings. The van der Waals surface area contributed by atoms with E-state index in [1.165, 1.54) is 5.56 Å². The second kappa shape index (κ2) is 5.87. The first kappa shape index (κ1) is 13.0. The number of hydrogen-bond acceptors (Lipinski definition) is 3. The van der Waals surface area contributed by atoms with E-state index in [1.54, 1.807) is 7.11 Å². The Balaban J connectivity index is 2.78. The minimum absolute atomic E-state index is 0.0206. The molecule has 0 saturated heterocycles. The number of aryl methyl sites for hydroxylation is 1. The van der Waals surface area contributed by atoms with Gasteiger partial charge >= 0.3 is 0 Å². The lowest BCUT2D eigenvalue weighted by Gasteiger charge is -2.17. The molecule has 2 atom stereocenters. The first-order valence-electron chi connectivity index (χ1n) is 5.56. The SMILES string of the molecule is COC(C)COc1ccc(C)cc1[C@@H](C)N. The van der Waals surface area contributed by atoms with Crippen molar-refractivity contribution < 1.29 is 9.47 Å². The van der Waals surface area contributed by atoms with Gasteiger partial charge in [-0.15, -0.1) is 0 Å². The molecule has 0 aliphatic carbocycles. The average molecular weight is 223 g/mol. The van der Waals surface area contributed by atoms with Crippen LogP contribution in [0.5, 0.6) is 5.75 Å². The maximum atomic E-state index is 5.91. The Hall–Kier alpha value is -1.06. The van der Waals surface area contributed by atoms with Gasteiger partial charge in [0.15, 0.2) is 0 Å². The van der Waals surface area contributed by atoms with Gasteiger partial charge in [0.1, 0.15) is 12.4 Å². The molecule has 1 aromatic carbocycles. The van der Waals surface area contributed by atoms with E-state index >= 15 is 0 Å². The minimum Gasteiger partial charge on any atom is -0.491 e. The van der Waals surface area contributed by atoms with Crippen LogP contribution in [0.15, 0.2) is 18.2 Å². The van der Waals surface area contributed by atoms with Crippen molar-refractivity contribution in [2.24, 2.45) is 5.73 Å². The predicted molar refractivity (Wildman–Crippen MR) is 65.7 cm³/mol. The fraction of sp³-hybridized carbons (Fsp3) is 0.538. The Kier molecular flexibility index (Phi) is 4.77. The van der Waals surface area contributed by atoms with Gasteiger partial charge in [-0.2, -0.15) is 0 Å². The molecule has 0 aliphatic rings. The molecule has 0 radical (unpaired) electrons. The first-order valence-corrected chi connectivity index (χ1v) is 5.56. The van der Waals surface area contributed by atoms with Gasteiger partial charge in [-0.1, -0.05) is 17.7 Å². The summed E-state index contributed by atoms with van der Waals surface area (Å²) in [5, 5.41) is 0. The minimum atomic E-state index is -0.0206. The van der Waals surface area contributed by atoms with E-state index in [0.29, 0.717) is 6.61 Å². The lowest BCUT2D eigenvalue weighted by molar-refractivity contribution is 0.0712. The number of rotatable bonds is 5. The molecule has 1 unspecified atom stereocenters. The first-order chi connectivity index (χ1) is 7.54. The zero-order valence-electron chi connectivity index (χ0n) is 10.5. The summed E-state index contributed by atoms with van der Waals surface area (Å²) in [6.45, 7) is 6.52. The van der Waals surface area contributed by atoms with Crippen LogP contribution in [0.25, 0.3) is 0 Å². The van der Waals surface area contributed by atoms with Crippen LogP contribution in [0.3, 0.4) is 0 Å². The van der Waals surface area contributed by atoms with Crippen LogP contribution >= 0.6 is 0 Å². The molecular weight excluding hydrogens is 202 g/mol. The molecule has 0 spiro atoms. The quantitative estimate of drug-likeness (QED) is 0.833. The monoisotopic (exact) mass is 223 g/mol. The van der Waals surface area contributed by atoms with Crippen LogP contribution in [0, 0.1) is 6.92 Å². The zero-order valence-corrected chi connectivity index (χ0v) is 10.5. The highest BCUT2D eigenvalue weighted by molar-refractivity contribution is 5.38. The molecule has 0 heterocycles. The molecule has 3 heteroatoms. The van der Waals surface area contributed by atoms with E-state index in [1.807, 2.05) is 32.9 Å². The standard InChI is InChI=1S/C13H21NO2/c1-9-5-6-13(12(7-9)11(3)14)16-8-10(2)15-4/h5-7,10-11H,8,14H2,1-4H3/t10?,11-/m1/s1. The van der Waals surface area contributed by atoms with Gasteiger partial charge in [0.05, 0.1) is 6.10 Å². The topological polar surface area (TPSA) is 44.5 Å². The van der Waals surface area contributed by atoms with Crippen molar-refractivity contribution in [3.8, 4) is 5.75 Å². The van der Waals surface area contributed by atoms with Gasteiger partial charge < -0.3 is 15.2 Å². The Bertz CT molecular complexity index is 337. The highest BCUT2D eigenvalue weighted by Gasteiger charge is 2.09. The fourth-order valence-electron chi connectivity index (χ4n) is 1.43. The normalized spacial score (nSPS) is 14.6. The van der Waals surface area contributed by atoms with Gasteiger partial charge in [-0.05, 0) is 26.8 Å². The smallest absolute Gasteiger partial charge is 0.124 e. The van der Waals surface area contributed by atoms with E-state index in [4.69, 9.17) is 15.2 Å². The second-order valence-electron chi connectivity index (χ2n) is 4.19. The molecule has 0 amide bonds. The highest BCUT2D eigenvalue weighted by Crippen LogP contribution is 2.25. The van der Waals surface area contributed by atoms with E-state index in [2.05, 4.69) is 6.07 Å². The Morgan fingerprint density at radius 1 is 1.31 bits per heavy atom. The summed E-state index contributed by atoms with van der Waals surface area (Å²) in [6, 6.07) is 6.04. The molecule has 1 aromatic rings. The molecule has 0 saturated carbocycles. The fourth-order valence-corrected chi connectivity index (χ4v) is 1.43. The summed E-state index contributed by atoms with van der Waals surface area (Å²) in [5.41, 5.74) is 8.15. The van der Waals surface area contributed by atoms with E-state index in [9.17, 15) is 0 Å². The number of benzene rings is 1. The molecular formula is C13H21NO2. The predicted octanol–water partition coefficient (Wildman–Crippen LogP) is 2.43. The Labute approximate surface area is 97.6 Å². The maximum absolute atomic E-state index is 5.91. The van der Waals surface area contributed by atoms with Crippen molar-refractivity contribution in [1.82, 2.24) is 0 Å². The molecule has 0 bridgehead atoms. The molecule has 1 rings (SSSR count). The van der Waals surface area contributed by atoms with Crippen LogP contribution in [0.2, 0.25) is 0 Å². The van der Waals surface area contributed by atoms with Crippen molar-refractivity contribution in [2.75, 3.05) is 13.7 Å². The summed E-state index contributed by atoms with van der Waals surface area (Å²) in [4.78, 5) is 0. The van der Waals surface area contributed by atoms with Gasteiger partial charge in [0.2, 0.25) is 0 Å². The molecule has 16 heavy (non-hydrogen) atoms. The van der Waals surface area contributed by atoms with E-state index in [-0.39, 0.29) is 12.1 Å². The van der Waals surface area contributed by atoms with Crippen molar-refractivity contribution in [3.63, 3.8) is 0 Å². The van der Waals surface area contributed by atoms with Gasteiger partial charge in [-0.25, -0.2) is 0 Å². The number of hydrogen-bond donors (Lipinski definition) is 1. The van der Waals surface area contributed by atoms with Crippen LogP contribution in [0.4, 0.5) is 0 Å². The van der Waals surface area contributed by atoms with Crippen molar-refractivity contribution in [2.45, 2.75) is 32.9 Å². The van der Waals surface area contributed by atoms with Crippen LogP contribution < -0.4 is 10.5 Å². The van der Waals surface area contributed by atoms with Gasteiger partial charge in [0, 0.05) is 18.7 Å². The second-order valence-corrected chi connectivity index (χ2v) is 4.19. The summed E-state index contributed by atoms with van der Waals surface area (Å²) < 4.78 is 10.8. The van der Waals surface area contributed by atoms with Crippen LogP contribution in [-0.4, -0.2) is 19.8 Å². The van der Waals surface area contributed by atoms with E-state index < -0.39 is 0 Å². The Morgan fingerprint density at radius 3 is 2.56 bits per heavy atom. The lowest BCUT2D eigenvalue weighted by atomic mass is 10.1. The average Bonchev–Trinajstić information content (AvgIpc) is 2.26. The molecule has 0 aliphatic heterocycles. The summed E-state index contributed by atoms with van der Waals surface area (Å²) in [6.07, 6.45) is 0.0854. The third-order valence-electron chi connectivity index (χ3n) is 2.53. The number of methoxy groups -OCH3 is 1. The maximum Gasteiger partial charge on any atom is 0.124 e. The van der Waals surface area contributed by atoms with Crippen LogP contribution in [-0.2, 0) is 4.74 Å².